The number of aromatic nitrogens is 2. The third kappa shape index (κ3) is 1.53. The summed E-state index contributed by atoms with van der Waals surface area (Å²) in [6, 6.07) is 8.45. The van der Waals surface area contributed by atoms with Crippen LogP contribution in [0.15, 0.2) is 30.5 Å². The van der Waals surface area contributed by atoms with Gasteiger partial charge in [-0.05, 0) is 43.7 Å². The topological polar surface area (TPSA) is 29.3 Å². The van der Waals surface area contributed by atoms with Crippen molar-refractivity contribution in [2.24, 2.45) is 0 Å². The molecule has 0 aromatic carbocycles. The number of nitrogens with one attached hydrogen (secondary N) is 1. The third-order valence-electron chi connectivity index (χ3n) is 3.16. The minimum absolute atomic E-state index is 0.621. The maximum atomic E-state index is 4.41. The van der Waals surface area contributed by atoms with E-state index in [-0.39, 0.29) is 0 Å². The normalized spacial score (nSPS) is 22.0. The van der Waals surface area contributed by atoms with Crippen molar-refractivity contribution in [2.45, 2.75) is 18.8 Å². The van der Waals surface area contributed by atoms with Crippen molar-refractivity contribution < 1.29 is 0 Å². The molecule has 15 heavy (non-hydrogen) atoms. The average Bonchev–Trinajstić information content (AvgIpc) is 2.74. The molecule has 78 valence electrons. The van der Waals surface area contributed by atoms with Crippen LogP contribution in [0.5, 0.6) is 0 Å². The van der Waals surface area contributed by atoms with Crippen LogP contribution in [0.2, 0.25) is 0 Å². The Morgan fingerprint density at radius 3 is 3.20 bits per heavy atom. The summed E-state index contributed by atoms with van der Waals surface area (Å²) in [5.41, 5.74) is 2.54. The molecule has 3 rings (SSSR count). The van der Waals surface area contributed by atoms with E-state index in [1.54, 1.807) is 0 Å². The van der Waals surface area contributed by atoms with E-state index < -0.39 is 0 Å². The second-order valence-corrected chi connectivity index (χ2v) is 4.16. The average molecular weight is 201 g/mol. The predicted molar refractivity (Wildman–Crippen MR) is 60.0 cm³/mol. The summed E-state index contributed by atoms with van der Waals surface area (Å²) >= 11 is 0. The minimum Gasteiger partial charge on any atom is -0.316 e. The highest BCUT2D eigenvalue weighted by molar-refractivity contribution is 5.48. The largest absolute Gasteiger partial charge is 0.316 e. The summed E-state index contributed by atoms with van der Waals surface area (Å²) in [7, 11) is 0. The van der Waals surface area contributed by atoms with Crippen LogP contribution < -0.4 is 5.32 Å². The Kier molecular flexibility index (Phi) is 2.18. The first-order valence-electron chi connectivity index (χ1n) is 5.58. The lowest BCUT2D eigenvalue weighted by Gasteiger charge is -2.22. The number of piperidine rings is 1. The molecular weight excluding hydrogens is 186 g/mol. The van der Waals surface area contributed by atoms with Gasteiger partial charge in [0.2, 0.25) is 0 Å². The third-order valence-corrected chi connectivity index (χ3v) is 3.16. The quantitative estimate of drug-likeness (QED) is 0.762. The summed E-state index contributed by atoms with van der Waals surface area (Å²) < 4.78 is 2.07. The van der Waals surface area contributed by atoms with Crippen molar-refractivity contribution in [3.63, 3.8) is 0 Å². The fraction of sp³-hybridized carbons (Fsp3) is 0.417. The highest BCUT2D eigenvalue weighted by atomic mass is 15.2. The van der Waals surface area contributed by atoms with Crippen LogP contribution >= 0.6 is 0 Å². The van der Waals surface area contributed by atoms with Gasteiger partial charge in [0.25, 0.3) is 0 Å². The smallest absolute Gasteiger partial charge is 0.0650 e. The molecular formula is C12H15N3. The van der Waals surface area contributed by atoms with Crippen molar-refractivity contribution in [3.8, 4) is 0 Å². The van der Waals surface area contributed by atoms with Crippen LogP contribution in [0.25, 0.3) is 5.52 Å². The van der Waals surface area contributed by atoms with Gasteiger partial charge in [0, 0.05) is 24.4 Å². The molecule has 0 spiro atoms. The zero-order chi connectivity index (χ0) is 10.1. The number of rotatable bonds is 1. The molecule has 3 heterocycles. The lowest BCUT2D eigenvalue weighted by Crippen LogP contribution is -2.29. The molecule has 0 saturated carbocycles. The van der Waals surface area contributed by atoms with E-state index in [1.165, 1.54) is 24.1 Å². The molecule has 1 fully saturated rings. The zero-order valence-corrected chi connectivity index (χ0v) is 8.69. The molecule has 2 aromatic rings. The maximum absolute atomic E-state index is 4.41. The predicted octanol–water partition coefficient (Wildman–Crippen LogP) is 1.80. The van der Waals surface area contributed by atoms with Gasteiger partial charge in [-0.2, -0.15) is 5.10 Å². The molecule has 1 aliphatic rings. The molecule has 1 unspecified atom stereocenters. The van der Waals surface area contributed by atoms with Gasteiger partial charge in [-0.1, -0.05) is 0 Å². The van der Waals surface area contributed by atoms with Crippen molar-refractivity contribution in [2.75, 3.05) is 13.1 Å². The van der Waals surface area contributed by atoms with Gasteiger partial charge < -0.3 is 5.32 Å². The molecule has 0 radical (unpaired) electrons. The van der Waals surface area contributed by atoms with Crippen molar-refractivity contribution >= 4 is 5.52 Å². The van der Waals surface area contributed by atoms with Crippen LogP contribution in [-0.4, -0.2) is 22.7 Å². The highest BCUT2D eigenvalue weighted by Gasteiger charge is 2.18. The van der Waals surface area contributed by atoms with E-state index >= 15 is 0 Å². The lowest BCUT2D eigenvalue weighted by atomic mass is 9.96. The van der Waals surface area contributed by atoms with Gasteiger partial charge in [-0.3, -0.25) is 0 Å². The summed E-state index contributed by atoms with van der Waals surface area (Å²) in [5.74, 6) is 0.621. The van der Waals surface area contributed by atoms with Gasteiger partial charge >= 0.3 is 0 Å². The molecule has 1 atom stereocenters. The number of hydrogen-bond acceptors (Lipinski definition) is 2. The number of hydrogen-bond donors (Lipinski definition) is 1. The second-order valence-electron chi connectivity index (χ2n) is 4.16. The van der Waals surface area contributed by atoms with Gasteiger partial charge in [0.1, 0.15) is 0 Å². The SMILES string of the molecule is c1cnn2c(C3CCCNC3)ccc2c1. The van der Waals surface area contributed by atoms with Gasteiger partial charge in [0.05, 0.1) is 5.52 Å². The summed E-state index contributed by atoms with van der Waals surface area (Å²) in [5, 5.41) is 7.85. The molecule has 2 aromatic heterocycles. The minimum atomic E-state index is 0.621. The van der Waals surface area contributed by atoms with Gasteiger partial charge in [-0.15, -0.1) is 0 Å². The van der Waals surface area contributed by atoms with E-state index in [9.17, 15) is 0 Å². The highest BCUT2D eigenvalue weighted by Crippen LogP contribution is 2.24. The van der Waals surface area contributed by atoms with E-state index in [2.05, 4.69) is 33.1 Å². The van der Waals surface area contributed by atoms with Crippen LogP contribution in [0.1, 0.15) is 24.5 Å². The second kappa shape index (κ2) is 3.66. The Bertz CT molecular complexity index is 455. The fourth-order valence-corrected chi connectivity index (χ4v) is 2.38. The Balaban J connectivity index is 2.02. The summed E-state index contributed by atoms with van der Waals surface area (Å²) in [4.78, 5) is 0. The van der Waals surface area contributed by atoms with E-state index in [4.69, 9.17) is 0 Å². The Hall–Kier alpha value is -1.35. The molecule has 0 amide bonds. The van der Waals surface area contributed by atoms with Crippen molar-refractivity contribution in [1.29, 1.82) is 0 Å². The number of fused-ring (bicyclic) bond motifs is 1. The van der Waals surface area contributed by atoms with Gasteiger partial charge in [0.15, 0.2) is 0 Å². The van der Waals surface area contributed by atoms with Crippen LogP contribution in [0.4, 0.5) is 0 Å². The van der Waals surface area contributed by atoms with Crippen molar-refractivity contribution in [3.05, 3.63) is 36.2 Å². The number of nitrogens with zero attached hydrogens (tertiary/aromatic N) is 2. The summed E-state index contributed by atoms with van der Waals surface area (Å²) in [6.45, 7) is 2.25. The Morgan fingerprint density at radius 2 is 2.33 bits per heavy atom. The molecule has 0 bridgehead atoms. The van der Waals surface area contributed by atoms with Crippen LogP contribution in [-0.2, 0) is 0 Å². The van der Waals surface area contributed by atoms with Crippen LogP contribution in [0, 0.1) is 0 Å². The fourth-order valence-electron chi connectivity index (χ4n) is 2.38. The monoisotopic (exact) mass is 201 g/mol. The Labute approximate surface area is 89.1 Å². The molecule has 3 heteroatoms. The summed E-state index contributed by atoms with van der Waals surface area (Å²) in [6.07, 6.45) is 4.40. The van der Waals surface area contributed by atoms with E-state index in [1.807, 2.05) is 12.3 Å². The van der Waals surface area contributed by atoms with E-state index in [0.29, 0.717) is 5.92 Å². The molecule has 0 aliphatic carbocycles. The lowest BCUT2D eigenvalue weighted by molar-refractivity contribution is 0.449. The standard InChI is InChI=1S/C12H15N3/c1-3-10(9-13-7-1)12-6-5-11-4-2-8-14-15(11)12/h2,4-6,8,10,13H,1,3,7,9H2. The van der Waals surface area contributed by atoms with Gasteiger partial charge in [-0.25, -0.2) is 4.52 Å². The van der Waals surface area contributed by atoms with E-state index in [0.717, 1.165) is 13.1 Å². The first kappa shape index (κ1) is 8.92. The molecule has 1 N–H and O–H groups in total. The first-order chi connectivity index (χ1) is 7.45. The molecule has 1 saturated heterocycles. The van der Waals surface area contributed by atoms with Crippen molar-refractivity contribution in [1.82, 2.24) is 14.9 Å². The molecule has 1 aliphatic heterocycles. The first-order valence-corrected chi connectivity index (χ1v) is 5.58. The van der Waals surface area contributed by atoms with Crippen LogP contribution in [0.3, 0.4) is 0 Å². The Morgan fingerprint density at radius 1 is 1.33 bits per heavy atom. The zero-order valence-electron chi connectivity index (χ0n) is 8.69. The maximum Gasteiger partial charge on any atom is 0.0650 e. The molecule has 3 nitrogen and oxygen atoms in total.